The molecule has 0 saturated carbocycles. The Morgan fingerprint density at radius 1 is 1.40 bits per heavy atom. The van der Waals surface area contributed by atoms with Crippen LogP contribution in [-0.4, -0.2) is 16.2 Å². The minimum absolute atomic E-state index is 0.350. The Balaban J connectivity index is 3.07. The number of nitrogens with zero attached hydrogens (tertiary/aromatic N) is 2. The van der Waals surface area contributed by atoms with E-state index in [9.17, 15) is 22.0 Å². The molecule has 0 amide bonds. The van der Waals surface area contributed by atoms with Crippen LogP contribution in [0.15, 0.2) is 6.07 Å². The van der Waals surface area contributed by atoms with Crippen LogP contribution in [0.1, 0.15) is 17.4 Å². The molecule has 3 nitrogen and oxygen atoms in total. The number of hydrogen-bond donors (Lipinski definition) is 1. The lowest BCUT2D eigenvalue weighted by atomic mass is 10.2. The Bertz CT molecular complexity index is 343. The predicted octanol–water partition coefficient (Wildman–Crippen LogP) is 1.70. The molecule has 1 heterocycles. The normalized spacial score (nSPS) is 14.7. The van der Waals surface area contributed by atoms with E-state index in [-0.39, 0.29) is 5.69 Å². The van der Waals surface area contributed by atoms with Crippen LogP contribution in [0.25, 0.3) is 0 Å². The van der Waals surface area contributed by atoms with E-state index in [0.29, 0.717) is 10.7 Å². The van der Waals surface area contributed by atoms with Crippen molar-refractivity contribution in [1.82, 2.24) is 9.78 Å². The first-order valence-electron chi connectivity index (χ1n) is 3.88. The SMILES string of the molecule is Cn1nc(C(F)(F)F)cc1C(N)C(F)F. The van der Waals surface area contributed by atoms with Crippen LogP contribution in [-0.2, 0) is 13.2 Å². The van der Waals surface area contributed by atoms with E-state index in [2.05, 4.69) is 5.10 Å². The summed E-state index contributed by atoms with van der Waals surface area (Å²) in [5, 5.41) is 3.06. The van der Waals surface area contributed by atoms with Crippen molar-refractivity contribution in [1.29, 1.82) is 0 Å². The van der Waals surface area contributed by atoms with Crippen LogP contribution < -0.4 is 5.73 Å². The Kier molecular flexibility index (Phi) is 2.98. The van der Waals surface area contributed by atoms with Crippen molar-refractivity contribution in [2.45, 2.75) is 18.6 Å². The van der Waals surface area contributed by atoms with Gasteiger partial charge in [-0.3, -0.25) is 4.68 Å². The third-order valence-corrected chi connectivity index (χ3v) is 1.82. The Hall–Kier alpha value is -1.18. The van der Waals surface area contributed by atoms with E-state index in [1.807, 2.05) is 0 Å². The molecular formula is C7H8F5N3. The molecule has 0 saturated heterocycles. The average Bonchev–Trinajstić information content (AvgIpc) is 2.45. The minimum atomic E-state index is -4.65. The first kappa shape index (κ1) is 11.9. The molecule has 0 aromatic carbocycles. The number of aryl methyl sites for hydroxylation is 1. The zero-order valence-electron chi connectivity index (χ0n) is 7.59. The highest BCUT2D eigenvalue weighted by atomic mass is 19.4. The Labute approximate surface area is 81.7 Å². The standard InChI is InChI=1S/C7H8F5N3/c1-15-3(5(13)6(8)9)2-4(14-15)7(10,11)12/h2,5-6H,13H2,1H3. The largest absolute Gasteiger partial charge is 0.435 e. The first-order chi connectivity index (χ1) is 6.73. The number of hydrogen-bond acceptors (Lipinski definition) is 2. The Morgan fingerprint density at radius 2 is 1.93 bits per heavy atom. The second-order valence-corrected chi connectivity index (χ2v) is 2.94. The van der Waals surface area contributed by atoms with Crippen molar-refractivity contribution in [2.75, 3.05) is 0 Å². The molecule has 1 aromatic heterocycles. The van der Waals surface area contributed by atoms with Gasteiger partial charge in [-0.2, -0.15) is 18.3 Å². The van der Waals surface area contributed by atoms with Gasteiger partial charge in [-0.1, -0.05) is 0 Å². The Morgan fingerprint density at radius 3 is 2.27 bits per heavy atom. The third-order valence-electron chi connectivity index (χ3n) is 1.82. The molecule has 1 atom stereocenters. The van der Waals surface area contributed by atoms with Gasteiger partial charge in [0.15, 0.2) is 5.69 Å². The van der Waals surface area contributed by atoms with Crippen LogP contribution in [0.4, 0.5) is 22.0 Å². The molecule has 1 unspecified atom stereocenters. The summed E-state index contributed by atoms with van der Waals surface area (Å²) in [4.78, 5) is 0. The molecule has 0 radical (unpaired) electrons. The molecule has 0 aliphatic heterocycles. The van der Waals surface area contributed by atoms with Crippen molar-refractivity contribution < 1.29 is 22.0 Å². The molecule has 0 fully saturated rings. The summed E-state index contributed by atoms with van der Waals surface area (Å²) in [6.45, 7) is 0. The molecule has 8 heteroatoms. The fourth-order valence-electron chi connectivity index (χ4n) is 1.06. The van der Waals surface area contributed by atoms with Crippen LogP contribution in [0.3, 0.4) is 0 Å². The zero-order chi connectivity index (χ0) is 11.8. The van der Waals surface area contributed by atoms with Gasteiger partial charge in [0.25, 0.3) is 6.43 Å². The highest BCUT2D eigenvalue weighted by molar-refractivity contribution is 5.16. The van der Waals surface area contributed by atoms with Crippen molar-refractivity contribution in [3.05, 3.63) is 17.5 Å². The summed E-state index contributed by atoms with van der Waals surface area (Å²) < 4.78 is 61.4. The summed E-state index contributed by atoms with van der Waals surface area (Å²) >= 11 is 0. The molecule has 1 rings (SSSR count). The van der Waals surface area contributed by atoms with E-state index in [1.165, 1.54) is 0 Å². The summed E-state index contributed by atoms with van der Waals surface area (Å²) in [7, 11) is 1.13. The topological polar surface area (TPSA) is 43.8 Å². The number of alkyl halides is 5. The summed E-state index contributed by atoms with van der Waals surface area (Å²) in [6.07, 6.45) is -7.58. The maximum atomic E-state index is 12.2. The summed E-state index contributed by atoms with van der Waals surface area (Å²) in [5.74, 6) is 0. The van der Waals surface area contributed by atoms with Gasteiger partial charge in [0.2, 0.25) is 0 Å². The van der Waals surface area contributed by atoms with Crippen molar-refractivity contribution in [3.8, 4) is 0 Å². The number of aromatic nitrogens is 2. The van der Waals surface area contributed by atoms with Crippen molar-refractivity contribution in [3.63, 3.8) is 0 Å². The molecule has 86 valence electrons. The lowest BCUT2D eigenvalue weighted by Crippen LogP contribution is -2.21. The molecule has 0 aliphatic rings. The highest BCUT2D eigenvalue weighted by Gasteiger charge is 2.36. The predicted molar refractivity (Wildman–Crippen MR) is 41.1 cm³/mol. The van der Waals surface area contributed by atoms with Crippen LogP contribution in [0.2, 0.25) is 0 Å². The molecule has 1 aromatic rings. The average molecular weight is 229 g/mol. The third kappa shape index (κ3) is 2.44. The fourth-order valence-corrected chi connectivity index (χ4v) is 1.06. The second kappa shape index (κ2) is 3.76. The van der Waals surface area contributed by atoms with Gasteiger partial charge >= 0.3 is 6.18 Å². The number of halogens is 5. The maximum absolute atomic E-state index is 12.2. The van der Waals surface area contributed by atoms with Gasteiger partial charge in [0, 0.05) is 7.05 Å². The van der Waals surface area contributed by atoms with E-state index >= 15 is 0 Å². The van der Waals surface area contributed by atoms with Crippen LogP contribution in [0.5, 0.6) is 0 Å². The van der Waals surface area contributed by atoms with Crippen molar-refractivity contribution >= 4 is 0 Å². The second-order valence-electron chi connectivity index (χ2n) is 2.94. The zero-order valence-corrected chi connectivity index (χ0v) is 7.59. The number of rotatable bonds is 2. The maximum Gasteiger partial charge on any atom is 0.435 e. The highest BCUT2D eigenvalue weighted by Crippen LogP contribution is 2.30. The lowest BCUT2D eigenvalue weighted by molar-refractivity contribution is -0.141. The molecule has 0 bridgehead atoms. The van der Waals surface area contributed by atoms with Gasteiger partial charge < -0.3 is 5.73 Å². The van der Waals surface area contributed by atoms with Gasteiger partial charge in [0.1, 0.15) is 6.04 Å². The smallest absolute Gasteiger partial charge is 0.318 e. The van der Waals surface area contributed by atoms with Gasteiger partial charge in [0.05, 0.1) is 5.69 Å². The molecule has 2 N–H and O–H groups in total. The number of nitrogens with two attached hydrogens (primary N) is 1. The van der Waals surface area contributed by atoms with E-state index in [4.69, 9.17) is 5.73 Å². The van der Waals surface area contributed by atoms with Crippen LogP contribution in [0, 0.1) is 0 Å². The first-order valence-corrected chi connectivity index (χ1v) is 3.88. The van der Waals surface area contributed by atoms with Gasteiger partial charge in [-0.15, -0.1) is 0 Å². The molecule has 0 spiro atoms. The molecule has 0 aliphatic carbocycles. The van der Waals surface area contributed by atoms with E-state index in [0.717, 1.165) is 7.05 Å². The van der Waals surface area contributed by atoms with Crippen molar-refractivity contribution in [2.24, 2.45) is 12.8 Å². The summed E-state index contributed by atoms with van der Waals surface area (Å²) in [5.41, 5.74) is 3.44. The lowest BCUT2D eigenvalue weighted by Gasteiger charge is -2.09. The fraction of sp³-hybridized carbons (Fsp3) is 0.571. The minimum Gasteiger partial charge on any atom is -0.318 e. The van der Waals surface area contributed by atoms with E-state index in [1.54, 1.807) is 0 Å². The monoisotopic (exact) mass is 229 g/mol. The van der Waals surface area contributed by atoms with Crippen LogP contribution >= 0.6 is 0 Å². The van der Waals surface area contributed by atoms with E-state index < -0.39 is 24.3 Å². The molecular weight excluding hydrogens is 221 g/mol. The summed E-state index contributed by atoms with van der Waals surface area (Å²) in [6, 6.07) is -1.24. The quantitative estimate of drug-likeness (QED) is 0.784. The molecule has 15 heavy (non-hydrogen) atoms. The van der Waals surface area contributed by atoms with Gasteiger partial charge in [-0.25, -0.2) is 8.78 Å². The van der Waals surface area contributed by atoms with Gasteiger partial charge in [-0.05, 0) is 6.07 Å².